The molecule has 3 aromatic carbocycles. The van der Waals surface area contributed by atoms with Crippen molar-refractivity contribution in [2.24, 2.45) is 5.92 Å². The van der Waals surface area contributed by atoms with E-state index in [4.69, 9.17) is 21.1 Å². The highest BCUT2D eigenvalue weighted by atomic mass is 35.5. The third-order valence-corrected chi connectivity index (χ3v) is 8.24. The predicted molar refractivity (Wildman–Crippen MR) is 168 cm³/mol. The molecule has 1 aliphatic carbocycles. The maximum atomic E-state index is 13.8. The molecule has 0 aliphatic heterocycles. The minimum absolute atomic E-state index is 0.0798. The minimum atomic E-state index is -0.660. The lowest BCUT2D eigenvalue weighted by atomic mass is 9.87. The number of carbonyl (C=O) groups excluding carboxylic acids is 3. The third-order valence-electron chi connectivity index (χ3n) is 7.93. The Balaban J connectivity index is 1.57. The summed E-state index contributed by atoms with van der Waals surface area (Å²) in [6.07, 6.45) is 6.90. The second-order valence-corrected chi connectivity index (χ2v) is 12.8. The summed E-state index contributed by atoms with van der Waals surface area (Å²) in [7, 11) is 0. The number of esters is 2. The lowest BCUT2D eigenvalue weighted by Gasteiger charge is -2.20. The molecule has 0 bridgehead atoms. The average molecular weight is 600 g/mol. The van der Waals surface area contributed by atoms with Gasteiger partial charge in [0.2, 0.25) is 0 Å². The molecular weight excluding hydrogens is 562 g/mol. The zero-order chi connectivity index (χ0) is 30.6. The Bertz CT molecular complexity index is 1600. The molecule has 0 amide bonds. The molecule has 0 radical (unpaired) electrons. The van der Waals surface area contributed by atoms with Crippen LogP contribution in [0.25, 0.3) is 10.9 Å². The number of halogens is 1. The first kappa shape index (κ1) is 30.6. The van der Waals surface area contributed by atoms with Crippen LogP contribution in [-0.2, 0) is 32.2 Å². The van der Waals surface area contributed by atoms with Gasteiger partial charge in [0.05, 0.1) is 10.9 Å². The number of ether oxygens (including phenoxy) is 2. The number of aromatic nitrogens is 1. The monoisotopic (exact) mass is 599 g/mol. The zero-order valence-electron chi connectivity index (χ0n) is 25.0. The number of hydrogen-bond acceptors (Lipinski definition) is 5. The number of ketones is 1. The predicted octanol–water partition coefficient (Wildman–Crippen LogP) is 8.27. The molecule has 7 heteroatoms. The second-order valence-electron chi connectivity index (χ2n) is 12.4. The van der Waals surface area contributed by atoms with Gasteiger partial charge >= 0.3 is 11.9 Å². The highest BCUT2D eigenvalue weighted by Crippen LogP contribution is 2.40. The molecule has 0 N–H and O–H groups in total. The fourth-order valence-electron chi connectivity index (χ4n) is 5.94. The number of benzene rings is 3. The van der Waals surface area contributed by atoms with E-state index < -0.39 is 17.5 Å². The molecular formula is C36H38ClNO5. The number of carbonyl (C=O) groups is 3. The SMILES string of the molecule is CC(C)(C)OC(=O)Cn1cc(C(CC2CCCC2)C(=O)OCc2ccccc2)c2cc(Cl)c(C(=O)c3ccccc3)cc21. The van der Waals surface area contributed by atoms with Gasteiger partial charge in [0.1, 0.15) is 18.8 Å². The number of hydrogen-bond donors (Lipinski definition) is 0. The largest absolute Gasteiger partial charge is 0.460 e. The standard InChI is InChI=1S/C36H38ClNO5/c1-36(2,3)43-33(39)22-38-21-30(27-19-31(37)29(20-32(27)38)34(40)26-16-8-5-9-17-26)28(18-24-12-10-11-13-24)35(41)42-23-25-14-6-4-7-15-25/h4-9,14-17,19-21,24,28H,10-13,18,22-23H2,1-3H3. The van der Waals surface area contributed by atoms with Crippen LogP contribution in [0, 0.1) is 5.92 Å². The van der Waals surface area contributed by atoms with Crippen LogP contribution in [0.5, 0.6) is 0 Å². The van der Waals surface area contributed by atoms with E-state index in [1.807, 2.05) is 63.4 Å². The second kappa shape index (κ2) is 13.2. The van der Waals surface area contributed by atoms with E-state index in [1.54, 1.807) is 41.0 Å². The highest BCUT2D eigenvalue weighted by molar-refractivity contribution is 6.36. The molecule has 6 nitrogen and oxygen atoms in total. The van der Waals surface area contributed by atoms with Crippen molar-refractivity contribution in [1.29, 1.82) is 0 Å². The van der Waals surface area contributed by atoms with Gasteiger partial charge in [-0.25, -0.2) is 0 Å². The van der Waals surface area contributed by atoms with Gasteiger partial charge in [0.25, 0.3) is 0 Å². The summed E-state index contributed by atoms with van der Waals surface area (Å²) in [5.74, 6) is -1.11. The molecule has 5 rings (SSSR count). The van der Waals surface area contributed by atoms with E-state index in [1.165, 1.54) is 0 Å². The van der Waals surface area contributed by atoms with Crippen LogP contribution in [-0.4, -0.2) is 27.9 Å². The van der Waals surface area contributed by atoms with Crippen molar-refractivity contribution >= 4 is 40.2 Å². The van der Waals surface area contributed by atoms with E-state index in [2.05, 4.69) is 0 Å². The van der Waals surface area contributed by atoms with Crippen molar-refractivity contribution in [3.05, 3.63) is 106 Å². The lowest BCUT2D eigenvalue weighted by Crippen LogP contribution is -2.26. The molecule has 1 aromatic heterocycles. The Morgan fingerprint density at radius 1 is 0.953 bits per heavy atom. The average Bonchev–Trinajstić information content (AvgIpc) is 3.61. The number of fused-ring (bicyclic) bond motifs is 1. The Morgan fingerprint density at radius 3 is 2.26 bits per heavy atom. The molecule has 1 fully saturated rings. The van der Waals surface area contributed by atoms with E-state index in [0.717, 1.165) is 42.2 Å². The highest BCUT2D eigenvalue weighted by Gasteiger charge is 2.32. The summed E-state index contributed by atoms with van der Waals surface area (Å²) < 4.78 is 13.3. The van der Waals surface area contributed by atoms with Gasteiger partial charge in [-0.1, -0.05) is 97.9 Å². The molecule has 0 spiro atoms. The molecule has 1 atom stereocenters. The molecule has 1 aliphatic rings. The Labute approximate surface area is 257 Å². The van der Waals surface area contributed by atoms with Crippen molar-refractivity contribution in [3.63, 3.8) is 0 Å². The first-order chi connectivity index (χ1) is 20.6. The van der Waals surface area contributed by atoms with Gasteiger partial charge in [0.15, 0.2) is 5.78 Å². The minimum Gasteiger partial charge on any atom is -0.460 e. The third kappa shape index (κ3) is 7.55. The molecule has 0 saturated heterocycles. The fourth-order valence-corrected chi connectivity index (χ4v) is 6.19. The molecule has 1 heterocycles. The summed E-state index contributed by atoms with van der Waals surface area (Å²) in [6, 6.07) is 22.0. The number of nitrogens with zero attached hydrogens (tertiary/aromatic N) is 1. The van der Waals surface area contributed by atoms with Gasteiger partial charge in [-0.2, -0.15) is 0 Å². The van der Waals surface area contributed by atoms with Crippen molar-refractivity contribution < 1.29 is 23.9 Å². The normalized spacial score (nSPS) is 14.5. The first-order valence-corrected chi connectivity index (χ1v) is 15.3. The summed E-state index contributed by atoms with van der Waals surface area (Å²) in [5, 5.41) is 1.01. The van der Waals surface area contributed by atoms with Gasteiger partial charge < -0.3 is 14.0 Å². The smallest absolute Gasteiger partial charge is 0.326 e. The van der Waals surface area contributed by atoms with Crippen LogP contribution in [0.3, 0.4) is 0 Å². The summed E-state index contributed by atoms with van der Waals surface area (Å²) in [6.45, 7) is 5.56. The number of rotatable bonds is 10. The van der Waals surface area contributed by atoms with Crippen molar-refractivity contribution in [2.45, 2.75) is 77.5 Å². The summed E-state index contributed by atoms with van der Waals surface area (Å²) in [5.41, 5.74) is 2.47. The first-order valence-electron chi connectivity index (χ1n) is 14.9. The maximum absolute atomic E-state index is 13.8. The lowest BCUT2D eigenvalue weighted by molar-refractivity contribution is -0.155. The topological polar surface area (TPSA) is 74.6 Å². The Hall–Kier alpha value is -3.90. The van der Waals surface area contributed by atoms with Crippen LogP contribution in [0.15, 0.2) is 79.0 Å². The van der Waals surface area contributed by atoms with Gasteiger partial charge in [0, 0.05) is 28.2 Å². The van der Waals surface area contributed by atoms with Crippen LogP contribution in [0.2, 0.25) is 5.02 Å². The van der Waals surface area contributed by atoms with Crippen LogP contribution < -0.4 is 0 Å². The molecule has 1 saturated carbocycles. The maximum Gasteiger partial charge on any atom is 0.326 e. The molecule has 1 unspecified atom stereocenters. The Kier molecular flexibility index (Phi) is 9.36. The van der Waals surface area contributed by atoms with Crippen LogP contribution in [0.1, 0.15) is 85.8 Å². The van der Waals surface area contributed by atoms with Crippen LogP contribution >= 0.6 is 11.6 Å². The summed E-state index contributed by atoms with van der Waals surface area (Å²) in [4.78, 5) is 40.3. The van der Waals surface area contributed by atoms with E-state index in [0.29, 0.717) is 29.0 Å². The van der Waals surface area contributed by atoms with Gasteiger partial charge in [-0.15, -0.1) is 0 Å². The van der Waals surface area contributed by atoms with E-state index >= 15 is 0 Å². The van der Waals surface area contributed by atoms with Crippen molar-refractivity contribution in [3.8, 4) is 0 Å². The zero-order valence-corrected chi connectivity index (χ0v) is 25.7. The fraction of sp³-hybridized carbons (Fsp3) is 0.361. The summed E-state index contributed by atoms with van der Waals surface area (Å²) >= 11 is 6.78. The van der Waals surface area contributed by atoms with Crippen molar-refractivity contribution in [1.82, 2.24) is 4.57 Å². The van der Waals surface area contributed by atoms with Gasteiger partial charge in [-0.05, 0) is 56.4 Å². The Morgan fingerprint density at radius 2 is 1.60 bits per heavy atom. The van der Waals surface area contributed by atoms with Crippen molar-refractivity contribution in [2.75, 3.05) is 0 Å². The quantitative estimate of drug-likeness (QED) is 0.135. The molecule has 224 valence electrons. The van der Waals surface area contributed by atoms with Crippen LogP contribution in [0.4, 0.5) is 0 Å². The van der Waals surface area contributed by atoms with E-state index in [-0.39, 0.29) is 29.9 Å². The molecule has 4 aromatic rings. The molecule has 43 heavy (non-hydrogen) atoms. The van der Waals surface area contributed by atoms with Gasteiger partial charge in [-0.3, -0.25) is 14.4 Å². The van der Waals surface area contributed by atoms with E-state index in [9.17, 15) is 14.4 Å².